The predicted octanol–water partition coefficient (Wildman–Crippen LogP) is 0.882. The fourth-order valence-electron chi connectivity index (χ4n) is 2.91. The number of amides is 1. The molecule has 1 aliphatic heterocycles. The van der Waals surface area contributed by atoms with E-state index in [4.69, 9.17) is 15.6 Å². The number of carbonyl (C=O) groups excluding carboxylic acids is 1. The summed E-state index contributed by atoms with van der Waals surface area (Å²) in [5.41, 5.74) is 11.6. The SMILES string of the molecule is Nc1c(NNC(=O)COc2ccccc2)ncnc1N1CCC(C(=O)O)CC1. The van der Waals surface area contributed by atoms with Crippen LogP contribution >= 0.6 is 0 Å². The van der Waals surface area contributed by atoms with Crippen molar-refractivity contribution in [3.63, 3.8) is 0 Å². The van der Waals surface area contributed by atoms with Crippen molar-refractivity contribution < 1.29 is 19.4 Å². The molecule has 1 fully saturated rings. The van der Waals surface area contributed by atoms with Crippen LogP contribution in [0.4, 0.5) is 17.3 Å². The predicted molar refractivity (Wildman–Crippen MR) is 103 cm³/mol. The van der Waals surface area contributed by atoms with Crippen molar-refractivity contribution >= 4 is 29.2 Å². The summed E-state index contributed by atoms with van der Waals surface area (Å²) in [7, 11) is 0. The number of rotatable bonds is 7. The molecule has 0 saturated carbocycles. The van der Waals surface area contributed by atoms with Crippen molar-refractivity contribution in [2.75, 3.05) is 35.8 Å². The Morgan fingerprint density at radius 3 is 2.61 bits per heavy atom. The van der Waals surface area contributed by atoms with Crippen LogP contribution in [0.1, 0.15) is 12.8 Å². The molecule has 1 saturated heterocycles. The Bertz CT molecular complexity index is 824. The molecule has 28 heavy (non-hydrogen) atoms. The number of aromatic nitrogens is 2. The minimum absolute atomic E-state index is 0.169. The van der Waals surface area contributed by atoms with E-state index in [1.807, 2.05) is 23.1 Å². The molecule has 0 aliphatic carbocycles. The molecule has 0 atom stereocenters. The standard InChI is InChI=1S/C18H22N6O4/c19-15-16(23-22-14(25)10-28-13-4-2-1-3-5-13)20-11-21-17(15)24-8-6-12(7-9-24)18(26)27/h1-5,11-12H,6-10,19H2,(H,22,25)(H,26,27)(H,20,21,23). The van der Waals surface area contributed by atoms with Gasteiger partial charge in [-0.15, -0.1) is 0 Å². The van der Waals surface area contributed by atoms with Crippen LogP contribution in [0.15, 0.2) is 36.7 Å². The van der Waals surface area contributed by atoms with Gasteiger partial charge in [0, 0.05) is 13.1 Å². The number of carboxylic acids is 1. The Morgan fingerprint density at radius 2 is 1.93 bits per heavy atom. The first-order chi connectivity index (χ1) is 13.5. The second-order valence-electron chi connectivity index (χ2n) is 6.33. The van der Waals surface area contributed by atoms with E-state index in [2.05, 4.69) is 20.8 Å². The summed E-state index contributed by atoms with van der Waals surface area (Å²) in [4.78, 5) is 33.2. The van der Waals surface area contributed by atoms with Crippen molar-refractivity contribution in [1.29, 1.82) is 0 Å². The van der Waals surface area contributed by atoms with Crippen LogP contribution in [-0.2, 0) is 9.59 Å². The van der Waals surface area contributed by atoms with Crippen molar-refractivity contribution in [2.45, 2.75) is 12.8 Å². The minimum atomic E-state index is -0.780. The first kappa shape index (κ1) is 19.2. The summed E-state index contributed by atoms with van der Waals surface area (Å²) in [6, 6.07) is 8.99. The van der Waals surface area contributed by atoms with E-state index >= 15 is 0 Å². The molecule has 1 amide bonds. The monoisotopic (exact) mass is 386 g/mol. The Labute approximate surface area is 161 Å². The van der Waals surface area contributed by atoms with Crippen LogP contribution in [0, 0.1) is 5.92 Å². The van der Waals surface area contributed by atoms with Gasteiger partial charge in [-0.05, 0) is 25.0 Å². The number of hydrogen-bond acceptors (Lipinski definition) is 8. The van der Waals surface area contributed by atoms with Crippen LogP contribution in [0.2, 0.25) is 0 Å². The average Bonchev–Trinajstić information content (AvgIpc) is 2.72. The molecule has 0 bridgehead atoms. The van der Waals surface area contributed by atoms with Gasteiger partial charge in [0.25, 0.3) is 5.91 Å². The van der Waals surface area contributed by atoms with Gasteiger partial charge < -0.3 is 20.5 Å². The van der Waals surface area contributed by atoms with E-state index in [1.54, 1.807) is 12.1 Å². The first-order valence-corrected chi connectivity index (χ1v) is 8.85. The number of carbonyl (C=O) groups is 2. The zero-order valence-corrected chi connectivity index (χ0v) is 15.2. The maximum absolute atomic E-state index is 11.9. The Kier molecular flexibility index (Phi) is 6.10. The number of carboxylic acid groups (broad SMARTS) is 1. The molecule has 1 aromatic heterocycles. The van der Waals surface area contributed by atoms with Gasteiger partial charge in [0.05, 0.1) is 5.92 Å². The highest BCUT2D eigenvalue weighted by atomic mass is 16.5. The van der Waals surface area contributed by atoms with Gasteiger partial charge in [0.1, 0.15) is 17.8 Å². The smallest absolute Gasteiger partial charge is 0.306 e. The summed E-state index contributed by atoms with van der Waals surface area (Å²) in [6.45, 7) is 0.904. The van der Waals surface area contributed by atoms with Crippen molar-refractivity contribution in [1.82, 2.24) is 15.4 Å². The quantitative estimate of drug-likeness (QED) is 0.510. The molecule has 0 unspecified atom stereocenters. The summed E-state index contributed by atoms with van der Waals surface area (Å²) in [5.74, 6) is -0.162. The van der Waals surface area contributed by atoms with E-state index in [-0.39, 0.29) is 24.0 Å². The molecular weight excluding hydrogens is 364 g/mol. The lowest BCUT2D eigenvalue weighted by molar-refractivity contribution is -0.142. The number of ether oxygens (including phenoxy) is 1. The van der Waals surface area contributed by atoms with Crippen LogP contribution in [0.3, 0.4) is 0 Å². The van der Waals surface area contributed by atoms with Gasteiger partial charge >= 0.3 is 5.97 Å². The molecule has 3 rings (SSSR count). The summed E-state index contributed by atoms with van der Waals surface area (Å²) in [5, 5.41) is 9.10. The Hall–Kier alpha value is -3.56. The molecule has 10 nitrogen and oxygen atoms in total. The van der Waals surface area contributed by atoms with Gasteiger partial charge in [0.15, 0.2) is 18.2 Å². The number of nitrogens with zero attached hydrogens (tertiary/aromatic N) is 3. The van der Waals surface area contributed by atoms with Crippen molar-refractivity contribution in [2.24, 2.45) is 5.92 Å². The molecular formula is C18H22N6O4. The van der Waals surface area contributed by atoms with E-state index in [1.165, 1.54) is 6.33 Å². The van der Waals surface area contributed by atoms with Gasteiger partial charge in [-0.25, -0.2) is 9.97 Å². The molecule has 1 aromatic carbocycles. The molecule has 10 heteroatoms. The second kappa shape index (κ2) is 8.89. The number of benzene rings is 1. The Morgan fingerprint density at radius 1 is 1.21 bits per heavy atom. The number of hydrogen-bond donors (Lipinski definition) is 4. The Balaban J connectivity index is 1.54. The zero-order chi connectivity index (χ0) is 19.9. The lowest BCUT2D eigenvalue weighted by Gasteiger charge is -2.31. The van der Waals surface area contributed by atoms with Crippen LogP contribution in [0.5, 0.6) is 5.75 Å². The third-order valence-electron chi connectivity index (χ3n) is 4.44. The van der Waals surface area contributed by atoms with E-state index in [9.17, 15) is 9.59 Å². The number of aliphatic carboxylic acids is 1. The lowest BCUT2D eigenvalue weighted by atomic mass is 9.97. The minimum Gasteiger partial charge on any atom is -0.484 e. The lowest BCUT2D eigenvalue weighted by Crippen LogP contribution is -2.38. The van der Waals surface area contributed by atoms with Gasteiger partial charge in [-0.2, -0.15) is 0 Å². The van der Waals surface area contributed by atoms with Gasteiger partial charge in [-0.3, -0.25) is 20.4 Å². The molecule has 1 aliphatic rings. The zero-order valence-electron chi connectivity index (χ0n) is 15.2. The van der Waals surface area contributed by atoms with Crippen LogP contribution < -0.4 is 26.2 Å². The van der Waals surface area contributed by atoms with E-state index in [0.717, 1.165) is 0 Å². The normalized spacial score (nSPS) is 14.4. The summed E-state index contributed by atoms with van der Waals surface area (Å²) >= 11 is 0. The van der Waals surface area contributed by atoms with Crippen LogP contribution in [0.25, 0.3) is 0 Å². The highest BCUT2D eigenvalue weighted by molar-refractivity contribution is 5.81. The number of nitrogens with two attached hydrogens (primary N) is 1. The highest BCUT2D eigenvalue weighted by Gasteiger charge is 2.26. The number of hydrazine groups is 1. The molecule has 148 valence electrons. The molecule has 0 radical (unpaired) electrons. The number of piperidine rings is 1. The number of nitrogens with one attached hydrogen (secondary N) is 2. The van der Waals surface area contributed by atoms with E-state index in [0.29, 0.717) is 37.5 Å². The van der Waals surface area contributed by atoms with Crippen molar-refractivity contribution in [3.8, 4) is 5.75 Å². The topological polar surface area (TPSA) is 143 Å². The fourth-order valence-corrected chi connectivity index (χ4v) is 2.91. The highest BCUT2D eigenvalue weighted by Crippen LogP contribution is 2.29. The van der Waals surface area contributed by atoms with Gasteiger partial charge in [-0.1, -0.05) is 18.2 Å². The van der Waals surface area contributed by atoms with Crippen molar-refractivity contribution in [3.05, 3.63) is 36.7 Å². The maximum Gasteiger partial charge on any atom is 0.306 e. The average molecular weight is 386 g/mol. The van der Waals surface area contributed by atoms with Gasteiger partial charge in [0.2, 0.25) is 0 Å². The number of anilines is 3. The molecule has 0 spiro atoms. The largest absolute Gasteiger partial charge is 0.484 e. The summed E-state index contributed by atoms with van der Waals surface area (Å²) < 4.78 is 5.36. The third kappa shape index (κ3) is 4.78. The number of nitrogen functional groups attached to an aromatic ring is 1. The first-order valence-electron chi connectivity index (χ1n) is 8.85. The summed E-state index contributed by atoms with van der Waals surface area (Å²) in [6.07, 6.45) is 2.38. The van der Waals surface area contributed by atoms with Crippen LogP contribution in [-0.4, -0.2) is 46.6 Å². The fraction of sp³-hybridized carbons (Fsp3) is 0.333. The van der Waals surface area contributed by atoms with E-state index < -0.39 is 11.9 Å². The molecule has 2 aromatic rings. The second-order valence-corrected chi connectivity index (χ2v) is 6.33. The third-order valence-corrected chi connectivity index (χ3v) is 4.44. The molecule has 2 heterocycles. The number of para-hydroxylation sites is 1. The molecule has 5 N–H and O–H groups in total. The maximum atomic E-state index is 11.9.